The van der Waals surface area contributed by atoms with Gasteiger partial charge in [-0.3, -0.25) is 4.57 Å². The van der Waals surface area contributed by atoms with Crippen LogP contribution in [0.2, 0.25) is 0 Å². The van der Waals surface area contributed by atoms with E-state index in [1.54, 1.807) is 6.33 Å². The maximum absolute atomic E-state index is 4.40. The molecule has 18 heavy (non-hydrogen) atoms. The van der Waals surface area contributed by atoms with Crippen LogP contribution in [0, 0.1) is 0 Å². The summed E-state index contributed by atoms with van der Waals surface area (Å²) in [6.45, 7) is 2.15. The molecule has 0 fully saturated rings. The molecule has 0 N–H and O–H groups in total. The number of aromatic nitrogens is 4. The van der Waals surface area contributed by atoms with Gasteiger partial charge in [-0.2, -0.15) is 0 Å². The van der Waals surface area contributed by atoms with Crippen LogP contribution in [-0.2, 0) is 6.42 Å². The van der Waals surface area contributed by atoms with Crippen LogP contribution in [-0.4, -0.2) is 19.5 Å². The van der Waals surface area contributed by atoms with Gasteiger partial charge in [0.25, 0.3) is 0 Å². The van der Waals surface area contributed by atoms with Crippen LogP contribution in [0.1, 0.15) is 19.2 Å². The topological polar surface area (TPSA) is 43.6 Å². The first kappa shape index (κ1) is 10.9. The Morgan fingerprint density at radius 2 is 2.00 bits per heavy atom. The van der Waals surface area contributed by atoms with Crippen LogP contribution in [0.5, 0.6) is 0 Å². The van der Waals surface area contributed by atoms with E-state index in [1.807, 2.05) is 41.2 Å². The van der Waals surface area contributed by atoms with Crippen molar-refractivity contribution < 1.29 is 0 Å². The molecule has 0 aliphatic rings. The molecule has 0 unspecified atom stereocenters. The van der Waals surface area contributed by atoms with Crippen LogP contribution >= 0.6 is 0 Å². The summed E-state index contributed by atoms with van der Waals surface area (Å²) in [6, 6.07) is 8.03. The number of hydrogen-bond donors (Lipinski definition) is 0. The Morgan fingerprint density at radius 3 is 2.89 bits per heavy atom. The highest BCUT2D eigenvalue weighted by Crippen LogP contribution is 2.19. The van der Waals surface area contributed by atoms with Crippen molar-refractivity contribution in [3.63, 3.8) is 0 Å². The molecular formula is C14H14N4. The fourth-order valence-electron chi connectivity index (χ4n) is 2.12. The van der Waals surface area contributed by atoms with Crippen LogP contribution in [0.15, 0.2) is 43.0 Å². The van der Waals surface area contributed by atoms with Crippen molar-refractivity contribution >= 4 is 10.9 Å². The van der Waals surface area contributed by atoms with Gasteiger partial charge in [-0.05, 0) is 18.6 Å². The van der Waals surface area contributed by atoms with Gasteiger partial charge < -0.3 is 0 Å². The van der Waals surface area contributed by atoms with Crippen LogP contribution < -0.4 is 0 Å². The minimum atomic E-state index is 0.904. The summed E-state index contributed by atoms with van der Waals surface area (Å²) < 4.78 is 2.05. The molecule has 3 aromatic rings. The first-order valence-corrected chi connectivity index (χ1v) is 6.12. The first-order chi connectivity index (χ1) is 8.90. The number of hydrogen-bond acceptors (Lipinski definition) is 3. The highest BCUT2D eigenvalue weighted by atomic mass is 15.1. The Labute approximate surface area is 105 Å². The Kier molecular flexibility index (Phi) is 2.76. The van der Waals surface area contributed by atoms with Gasteiger partial charge in [-0.15, -0.1) is 0 Å². The third-order valence-electron chi connectivity index (χ3n) is 2.94. The monoisotopic (exact) mass is 238 g/mol. The lowest BCUT2D eigenvalue weighted by Crippen LogP contribution is -2.03. The molecule has 4 nitrogen and oxygen atoms in total. The minimum Gasteiger partial charge on any atom is -0.287 e. The maximum Gasteiger partial charge on any atom is 0.149 e. The van der Waals surface area contributed by atoms with Crippen molar-refractivity contribution in [3.8, 4) is 5.82 Å². The molecule has 4 heteroatoms. The second-order valence-corrected chi connectivity index (χ2v) is 4.18. The Morgan fingerprint density at radius 1 is 1.11 bits per heavy atom. The smallest absolute Gasteiger partial charge is 0.149 e. The number of para-hydroxylation sites is 1. The summed E-state index contributed by atoms with van der Waals surface area (Å²) in [6.07, 6.45) is 7.40. The van der Waals surface area contributed by atoms with Crippen molar-refractivity contribution in [1.29, 1.82) is 0 Å². The molecule has 0 saturated carbocycles. The molecular weight excluding hydrogens is 224 g/mol. The van der Waals surface area contributed by atoms with Crippen molar-refractivity contribution in [2.75, 3.05) is 0 Å². The van der Waals surface area contributed by atoms with E-state index in [0.717, 1.165) is 35.4 Å². The van der Waals surface area contributed by atoms with Crippen molar-refractivity contribution in [2.45, 2.75) is 19.8 Å². The summed E-state index contributed by atoms with van der Waals surface area (Å²) in [7, 11) is 0. The number of rotatable bonds is 3. The molecule has 2 heterocycles. The Hall–Kier alpha value is -2.23. The lowest BCUT2D eigenvalue weighted by Gasteiger charge is -2.08. The summed E-state index contributed by atoms with van der Waals surface area (Å²) in [5.41, 5.74) is 0.957. The van der Waals surface area contributed by atoms with E-state index in [1.165, 1.54) is 0 Å². The van der Waals surface area contributed by atoms with Crippen LogP contribution in [0.25, 0.3) is 16.7 Å². The van der Waals surface area contributed by atoms with Crippen LogP contribution in [0.3, 0.4) is 0 Å². The second-order valence-electron chi connectivity index (χ2n) is 4.18. The quantitative estimate of drug-likeness (QED) is 0.704. The highest BCUT2D eigenvalue weighted by Gasteiger charge is 2.09. The zero-order valence-electron chi connectivity index (χ0n) is 10.2. The van der Waals surface area contributed by atoms with E-state index in [0.29, 0.717) is 0 Å². The molecule has 3 rings (SSSR count). The van der Waals surface area contributed by atoms with Gasteiger partial charge in [-0.25, -0.2) is 15.0 Å². The number of aryl methyl sites for hydroxylation is 1. The third-order valence-corrected chi connectivity index (χ3v) is 2.94. The molecule has 2 aromatic heterocycles. The van der Waals surface area contributed by atoms with Crippen molar-refractivity contribution in [2.24, 2.45) is 0 Å². The van der Waals surface area contributed by atoms with Crippen LogP contribution in [0.4, 0.5) is 0 Å². The van der Waals surface area contributed by atoms with Crippen molar-refractivity contribution in [1.82, 2.24) is 19.5 Å². The largest absolute Gasteiger partial charge is 0.287 e. The lowest BCUT2D eigenvalue weighted by atomic mass is 10.2. The van der Waals surface area contributed by atoms with E-state index in [9.17, 15) is 0 Å². The van der Waals surface area contributed by atoms with E-state index >= 15 is 0 Å². The van der Waals surface area contributed by atoms with Crippen molar-refractivity contribution in [3.05, 3.63) is 48.8 Å². The zero-order chi connectivity index (χ0) is 12.4. The molecule has 90 valence electrons. The predicted molar refractivity (Wildman–Crippen MR) is 70.7 cm³/mol. The average Bonchev–Trinajstić information content (AvgIpc) is 2.87. The number of imidazole rings is 1. The fraction of sp³-hybridized carbons (Fsp3) is 0.214. The van der Waals surface area contributed by atoms with Gasteiger partial charge >= 0.3 is 0 Å². The molecule has 0 atom stereocenters. The third kappa shape index (κ3) is 1.76. The average molecular weight is 238 g/mol. The first-order valence-electron chi connectivity index (χ1n) is 6.12. The SMILES string of the molecule is CCCc1nccn1-c1ncnc2ccccc12. The molecule has 0 radical (unpaired) electrons. The highest BCUT2D eigenvalue weighted by molar-refractivity contribution is 5.84. The van der Waals surface area contributed by atoms with Gasteiger partial charge in [0.2, 0.25) is 0 Å². The Balaban J connectivity index is 2.22. The molecule has 0 spiro atoms. The lowest BCUT2D eigenvalue weighted by molar-refractivity contribution is 0.800. The van der Waals surface area contributed by atoms with E-state index < -0.39 is 0 Å². The van der Waals surface area contributed by atoms with Gasteiger partial charge in [-0.1, -0.05) is 19.1 Å². The van der Waals surface area contributed by atoms with Gasteiger partial charge in [0.1, 0.15) is 18.0 Å². The predicted octanol–water partition coefficient (Wildman–Crippen LogP) is 2.77. The molecule has 0 amide bonds. The molecule has 0 bridgehead atoms. The van der Waals surface area contributed by atoms with Gasteiger partial charge in [0.05, 0.1) is 5.52 Å². The van der Waals surface area contributed by atoms with E-state index in [2.05, 4.69) is 21.9 Å². The maximum atomic E-state index is 4.40. The molecule has 0 aliphatic heterocycles. The molecule has 0 aliphatic carbocycles. The minimum absolute atomic E-state index is 0.904. The molecule has 1 aromatic carbocycles. The molecule has 0 saturated heterocycles. The number of nitrogens with zero attached hydrogens (tertiary/aromatic N) is 4. The standard InChI is InChI=1S/C14H14N4/c1-2-5-13-15-8-9-18(13)14-11-6-3-4-7-12(11)16-10-17-14/h3-4,6-10H,2,5H2,1H3. The van der Waals surface area contributed by atoms with E-state index in [-0.39, 0.29) is 0 Å². The summed E-state index contributed by atoms with van der Waals surface area (Å²) in [4.78, 5) is 13.1. The Bertz CT molecular complexity index is 667. The summed E-state index contributed by atoms with van der Waals surface area (Å²) >= 11 is 0. The number of benzene rings is 1. The fourth-order valence-corrected chi connectivity index (χ4v) is 2.12. The zero-order valence-corrected chi connectivity index (χ0v) is 10.2. The summed E-state index contributed by atoms with van der Waals surface area (Å²) in [5, 5.41) is 1.05. The second kappa shape index (κ2) is 4.56. The van der Waals surface area contributed by atoms with Gasteiger partial charge in [0.15, 0.2) is 0 Å². The normalized spacial score (nSPS) is 10.9. The van der Waals surface area contributed by atoms with Gasteiger partial charge in [0, 0.05) is 24.2 Å². The van der Waals surface area contributed by atoms with E-state index in [4.69, 9.17) is 0 Å². The number of fused-ring (bicyclic) bond motifs is 1. The summed E-state index contributed by atoms with van der Waals surface area (Å²) in [5.74, 6) is 1.95.